The van der Waals surface area contributed by atoms with Crippen molar-refractivity contribution in [3.63, 3.8) is 0 Å². The zero-order valence-electron chi connectivity index (χ0n) is 10.5. The molecule has 1 aromatic rings. The molecule has 1 aliphatic rings. The second-order valence-electron chi connectivity index (χ2n) is 5.11. The lowest BCUT2D eigenvalue weighted by atomic mass is 9.92. The highest BCUT2D eigenvalue weighted by Gasteiger charge is 2.45. The van der Waals surface area contributed by atoms with E-state index in [1.165, 1.54) is 12.1 Å². The average molecular weight is 258 g/mol. The Balaban J connectivity index is 2.52. The van der Waals surface area contributed by atoms with E-state index in [0.717, 1.165) is 30.2 Å². The van der Waals surface area contributed by atoms with Crippen LogP contribution in [-0.2, 0) is 11.6 Å². The molecular formula is C13H17F3N2. The van der Waals surface area contributed by atoms with E-state index in [0.29, 0.717) is 6.54 Å². The topological polar surface area (TPSA) is 29.3 Å². The van der Waals surface area contributed by atoms with E-state index in [2.05, 4.69) is 0 Å². The molecule has 5 heteroatoms. The highest BCUT2D eigenvalue weighted by Crippen LogP contribution is 2.51. The van der Waals surface area contributed by atoms with E-state index in [9.17, 15) is 13.2 Å². The average Bonchev–Trinajstić information content (AvgIpc) is 3.07. The fourth-order valence-electron chi connectivity index (χ4n) is 2.26. The molecule has 1 fully saturated rings. The minimum atomic E-state index is -4.30. The molecule has 0 spiro atoms. The van der Waals surface area contributed by atoms with Crippen molar-refractivity contribution >= 4 is 5.69 Å². The summed E-state index contributed by atoms with van der Waals surface area (Å²) in [5.74, 6) is 0. The largest absolute Gasteiger partial charge is 0.416 e. The van der Waals surface area contributed by atoms with Crippen LogP contribution in [0.3, 0.4) is 0 Å². The predicted octanol–water partition coefficient (Wildman–Crippen LogP) is 2.76. The number of halogens is 3. The summed E-state index contributed by atoms with van der Waals surface area (Å²) in [7, 11) is 3.66. The van der Waals surface area contributed by atoms with Crippen LogP contribution < -0.4 is 10.6 Å². The Kier molecular flexibility index (Phi) is 3.05. The van der Waals surface area contributed by atoms with Crippen molar-refractivity contribution < 1.29 is 13.2 Å². The Morgan fingerprint density at radius 1 is 1.28 bits per heavy atom. The van der Waals surface area contributed by atoms with Gasteiger partial charge in [0.05, 0.1) is 5.56 Å². The van der Waals surface area contributed by atoms with Crippen LogP contribution in [0.25, 0.3) is 0 Å². The summed E-state index contributed by atoms with van der Waals surface area (Å²) in [6, 6.07) is 3.93. The fraction of sp³-hybridized carbons (Fsp3) is 0.538. The maximum Gasteiger partial charge on any atom is 0.416 e. The van der Waals surface area contributed by atoms with E-state index in [4.69, 9.17) is 5.73 Å². The van der Waals surface area contributed by atoms with Crippen molar-refractivity contribution in [2.45, 2.75) is 24.4 Å². The Morgan fingerprint density at radius 3 is 2.28 bits per heavy atom. The molecule has 0 saturated heterocycles. The molecule has 100 valence electrons. The summed E-state index contributed by atoms with van der Waals surface area (Å²) in [4.78, 5) is 1.84. The van der Waals surface area contributed by atoms with Gasteiger partial charge in [-0.2, -0.15) is 13.2 Å². The Bertz CT molecular complexity index is 448. The number of anilines is 1. The molecule has 0 aliphatic heterocycles. The highest BCUT2D eigenvalue weighted by atomic mass is 19.4. The van der Waals surface area contributed by atoms with Crippen molar-refractivity contribution in [2.75, 3.05) is 25.5 Å². The standard InChI is InChI=1S/C13H17F3N2/c1-18(2)11-4-3-9(13(14,15)16)7-10(11)12(8-17)5-6-12/h3-4,7H,5-6,8,17H2,1-2H3. The molecule has 1 saturated carbocycles. The van der Waals surface area contributed by atoms with E-state index >= 15 is 0 Å². The van der Waals surface area contributed by atoms with Crippen LogP contribution >= 0.6 is 0 Å². The van der Waals surface area contributed by atoms with Crippen LogP contribution in [0.1, 0.15) is 24.0 Å². The number of nitrogens with zero attached hydrogens (tertiary/aromatic N) is 1. The third-order valence-corrected chi connectivity index (χ3v) is 3.62. The summed E-state index contributed by atoms with van der Waals surface area (Å²) in [6.07, 6.45) is -2.57. The number of benzene rings is 1. The van der Waals surface area contributed by atoms with Gasteiger partial charge in [0.15, 0.2) is 0 Å². The molecule has 0 heterocycles. The molecule has 1 aromatic carbocycles. The van der Waals surface area contributed by atoms with E-state index < -0.39 is 11.7 Å². The van der Waals surface area contributed by atoms with E-state index in [1.54, 1.807) is 0 Å². The maximum absolute atomic E-state index is 12.8. The van der Waals surface area contributed by atoms with Crippen LogP contribution in [0, 0.1) is 0 Å². The van der Waals surface area contributed by atoms with Crippen LogP contribution in [0.5, 0.6) is 0 Å². The molecule has 2 rings (SSSR count). The quantitative estimate of drug-likeness (QED) is 0.903. The molecule has 0 unspecified atom stereocenters. The van der Waals surface area contributed by atoms with Crippen LogP contribution in [0.15, 0.2) is 18.2 Å². The fourth-order valence-corrected chi connectivity index (χ4v) is 2.26. The molecule has 0 aromatic heterocycles. The van der Waals surface area contributed by atoms with Gasteiger partial charge in [-0.25, -0.2) is 0 Å². The second-order valence-corrected chi connectivity index (χ2v) is 5.11. The van der Waals surface area contributed by atoms with Gasteiger partial charge in [0.25, 0.3) is 0 Å². The molecule has 0 atom stereocenters. The smallest absolute Gasteiger partial charge is 0.377 e. The minimum Gasteiger partial charge on any atom is -0.377 e. The second kappa shape index (κ2) is 4.16. The first-order chi connectivity index (χ1) is 8.30. The number of rotatable bonds is 3. The van der Waals surface area contributed by atoms with E-state index in [1.807, 2.05) is 19.0 Å². The maximum atomic E-state index is 12.8. The van der Waals surface area contributed by atoms with Gasteiger partial charge in [0.1, 0.15) is 0 Å². The summed E-state index contributed by atoms with van der Waals surface area (Å²) >= 11 is 0. The Morgan fingerprint density at radius 2 is 1.89 bits per heavy atom. The number of alkyl halides is 3. The molecule has 18 heavy (non-hydrogen) atoms. The Labute approximate surface area is 105 Å². The van der Waals surface area contributed by atoms with Crippen LogP contribution in [-0.4, -0.2) is 20.6 Å². The third-order valence-electron chi connectivity index (χ3n) is 3.62. The van der Waals surface area contributed by atoms with Crippen LogP contribution in [0.2, 0.25) is 0 Å². The van der Waals surface area contributed by atoms with Gasteiger partial charge in [0, 0.05) is 31.7 Å². The molecule has 0 bridgehead atoms. The zero-order valence-corrected chi connectivity index (χ0v) is 10.5. The summed E-state index contributed by atoms with van der Waals surface area (Å²) in [6.45, 7) is 0.398. The molecular weight excluding hydrogens is 241 g/mol. The van der Waals surface area contributed by atoms with Gasteiger partial charge >= 0.3 is 6.18 Å². The molecule has 1 aliphatic carbocycles. The normalized spacial score (nSPS) is 17.7. The van der Waals surface area contributed by atoms with Gasteiger partial charge in [-0.1, -0.05) is 0 Å². The lowest BCUT2D eigenvalue weighted by molar-refractivity contribution is -0.137. The SMILES string of the molecule is CN(C)c1ccc(C(F)(F)F)cc1C1(CN)CC1. The van der Waals surface area contributed by atoms with Crippen molar-refractivity contribution in [3.8, 4) is 0 Å². The first-order valence-corrected chi connectivity index (χ1v) is 5.89. The first kappa shape index (κ1) is 13.2. The van der Waals surface area contributed by atoms with Gasteiger partial charge in [-0.15, -0.1) is 0 Å². The van der Waals surface area contributed by atoms with Gasteiger partial charge in [-0.3, -0.25) is 0 Å². The van der Waals surface area contributed by atoms with Crippen LogP contribution in [0.4, 0.5) is 18.9 Å². The monoisotopic (exact) mass is 258 g/mol. The summed E-state index contributed by atoms with van der Waals surface area (Å²) in [5.41, 5.74) is 6.44. The lowest BCUT2D eigenvalue weighted by Gasteiger charge is -2.24. The molecule has 2 nitrogen and oxygen atoms in total. The molecule has 2 N–H and O–H groups in total. The third kappa shape index (κ3) is 2.19. The summed E-state index contributed by atoms with van der Waals surface area (Å²) < 4.78 is 38.3. The van der Waals surface area contributed by atoms with Gasteiger partial charge in [0.2, 0.25) is 0 Å². The van der Waals surface area contributed by atoms with Crippen molar-refractivity contribution in [1.82, 2.24) is 0 Å². The number of hydrogen-bond acceptors (Lipinski definition) is 2. The zero-order chi connectivity index (χ0) is 13.6. The highest BCUT2D eigenvalue weighted by molar-refractivity contribution is 5.59. The van der Waals surface area contributed by atoms with Crippen molar-refractivity contribution in [1.29, 1.82) is 0 Å². The summed E-state index contributed by atoms with van der Waals surface area (Å²) in [5, 5.41) is 0. The predicted molar refractivity (Wildman–Crippen MR) is 65.7 cm³/mol. The molecule has 0 radical (unpaired) electrons. The number of hydrogen-bond donors (Lipinski definition) is 1. The van der Waals surface area contributed by atoms with Crippen molar-refractivity contribution in [3.05, 3.63) is 29.3 Å². The first-order valence-electron chi connectivity index (χ1n) is 5.89. The van der Waals surface area contributed by atoms with Gasteiger partial charge in [-0.05, 0) is 36.6 Å². The van der Waals surface area contributed by atoms with E-state index in [-0.39, 0.29) is 5.41 Å². The minimum absolute atomic E-state index is 0.249. The lowest BCUT2D eigenvalue weighted by Crippen LogP contribution is -2.24. The van der Waals surface area contributed by atoms with Crippen molar-refractivity contribution in [2.24, 2.45) is 5.73 Å². The molecule has 0 amide bonds. The van der Waals surface area contributed by atoms with Gasteiger partial charge < -0.3 is 10.6 Å². The Hall–Kier alpha value is -1.23. The number of nitrogens with two attached hydrogens (primary N) is 1.